The molecule has 0 atom stereocenters. The number of rotatable bonds is 2. The summed E-state index contributed by atoms with van der Waals surface area (Å²) in [7, 11) is 0. The minimum atomic E-state index is 0.0724. The molecule has 0 radical (unpaired) electrons. The molecule has 0 aliphatic heterocycles. The lowest BCUT2D eigenvalue weighted by Gasteiger charge is -2.10. The van der Waals surface area contributed by atoms with Crippen molar-refractivity contribution in [2.24, 2.45) is 0 Å². The molecule has 0 spiro atoms. The van der Waals surface area contributed by atoms with Crippen LogP contribution in [0.15, 0.2) is 23.1 Å². The molecular weight excluding hydrogens is 188 g/mol. The van der Waals surface area contributed by atoms with Crippen molar-refractivity contribution < 1.29 is 0 Å². The van der Waals surface area contributed by atoms with Gasteiger partial charge in [0.2, 0.25) is 0 Å². The second-order valence-corrected chi connectivity index (χ2v) is 4.12. The van der Waals surface area contributed by atoms with Crippen molar-refractivity contribution in [1.29, 1.82) is 0 Å². The van der Waals surface area contributed by atoms with Crippen LogP contribution in [0.4, 0.5) is 0 Å². The summed E-state index contributed by atoms with van der Waals surface area (Å²) in [5.41, 5.74) is 3.26. The molecule has 0 fully saturated rings. The summed E-state index contributed by atoms with van der Waals surface area (Å²) >= 11 is 0. The minimum absolute atomic E-state index is 0.0724. The lowest BCUT2D eigenvalue weighted by molar-refractivity contribution is 0.781. The first-order chi connectivity index (χ1) is 7.13. The van der Waals surface area contributed by atoms with E-state index in [2.05, 4.69) is 30.2 Å². The van der Waals surface area contributed by atoms with E-state index in [1.165, 1.54) is 5.69 Å². The lowest BCUT2D eigenvalue weighted by Crippen LogP contribution is -2.09. The Labute approximate surface area is 88.8 Å². The fourth-order valence-electron chi connectivity index (χ4n) is 1.92. The van der Waals surface area contributed by atoms with Crippen molar-refractivity contribution >= 4 is 5.65 Å². The molecule has 2 aromatic rings. The minimum Gasteiger partial charge on any atom is -0.346 e. The van der Waals surface area contributed by atoms with Crippen LogP contribution in [-0.2, 0) is 6.42 Å². The number of pyridine rings is 1. The molecule has 1 N–H and O–H groups in total. The highest BCUT2D eigenvalue weighted by Crippen LogP contribution is 2.16. The summed E-state index contributed by atoms with van der Waals surface area (Å²) in [4.78, 5) is 14.6. The largest absolute Gasteiger partial charge is 0.346 e. The molecule has 0 aliphatic rings. The number of aromatic nitrogens is 2. The topological polar surface area (TPSA) is 37.3 Å². The van der Waals surface area contributed by atoms with Gasteiger partial charge in [-0.05, 0) is 12.3 Å². The Kier molecular flexibility index (Phi) is 2.39. The quantitative estimate of drug-likeness (QED) is 0.800. The van der Waals surface area contributed by atoms with Gasteiger partial charge < -0.3 is 9.38 Å². The van der Waals surface area contributed by atoms with E-state index in [1.54, 1.807) is 12.1 Å². The predicted molar refractivity (Wildman–Crippen MR) is 61.5 cm³/mol. The maximum Gasteiger partial charge on any atom is 0.184 e. The molecule has 3 heteroatoms. The van der Waals surface area contributed by atoms with E-state index in [1.807, 2.05) is 6.20 Å². The van der Waals surface area contributed by atoms with Crippen LogP contribution in [-0.4, -0.2) is 9.38 Å². The first-order valence-electron chi connectivity index (χ1n) is 5.36. The van der Waals surface area contributed by atoms with Gasteiger partial charge in [0, 0.05) is 29.7 Å². The van der Waals surface area contributed by atoms with Crippen LogP contribution in [0.2, 0.25) is 0 Å². The molecule has 2 heterocycles. The lowest BCUT2D eigenvalue weighted by atomic mass is 10.1. The Morgan fingerprint density at radius 2 is 2.13 bits per heavy atom. The second-order valence-electron chi connectivity index (χ2n) is 4.12. The Balaban J connectivity index is 2.85. The van der Waals surface area contributed by atoms with Gasteiger partial charge in [0.05, 0.1) is 0 Å². The molecule has 0 aromatic carbocycles. The van der Waals surface area contributed by atoms with Gasteiger partial charge in [-0.2, -0.15) is 0 Å². The molecule has 0 aliphatic carbocycles. The highest BCUT2D eigenvalue weighted by Gasteiger charge is 2.09. The van der Waals surface area contributed by atoms with E-state index >= 15 is 0 Å². The van der Waals surface area contributed by atoms with Gasteiger partial charge in [0.15, 0.2) is 5.43 Å². The molecule has 15 heavy (non-hydrogen) atoms. The van der Waals surface area contributed by atoms with Gasteiger partial charge in [-0.15, -0.1) is 0 Å². The summed E-state index contributed by atoms with van der Waals surface area (Å²) in [6.07, 6.45) is 2.93. The number of aryl methyl sites for hydroxylation is 1. The van der Waals surface area contributed by atoms with Crippen molar-refractivity contribution in [3.8, 4) is 0 Å². The Hall–Kier alpha value is -1.51. The SMILES string of the molecule is CCc1c[nH]c2cc(=O)cc(C(C)C)n12. The van der Waals surface area contributed by atoms with E-state index < -0.39 is 0 Å². The third-order valence-corrected chi connectivity index (χ3v) is 2.70. The van der Waals surface area contributed by atoms with Crippen LogP contribution in [0.1, 0.15) is 38.1 Å². The third kappa shape index (κ3) is 1.58. The van der Waals surface area contributed by atoms with Crippen LogP contribution in [0.5, 0.6) is 0 Å². The van der Waals surface area contributed by atoms with Gasteiger partial charge in [-0.1, -0.05) is 20.8 Å². The number of nitrogens with one attached hydrogen (secondary N) is 1. The van der Waals surface area contributed by atoms with E-state index in [-0.39, 0.29) is 5.43 Å². The van der Waals surface area contributed by atoms with Crippen LogP contribution in [0.3, 0.4) is 0 Å². The number of imidazole rings is 1. The maximum atomic E-state index is 11.5. The molecule has 0 amide bonds. The normalized spacial score (nSPS) is 11.5. The van der Waals surface area contributed by atoms with Crippen LogP contribution in [0.25, 0.3) is 5.65 Å². The number of nitrogens with zero attached hydrogens (tertiary/aromatic N) is 1. The maximum absolute atomic E-state index is 11.5. The first kappa shape index (κ1) is 10.0. The van der Waals surface area contributed by atoms with Gasteiger partial charge in [0.25, 0.3) is 0 Å². The predicted octanol–water partition coefficient (Wildman–Crippen LogP) is 2.31. The summed E-state index contributed by atoms with van der Waals surface area (Å²) in [6, 6.07) is 3.37. The average molecular weight is 204 g/mol. The second kappa shape index (κ2) is 3.57. The van der Waals surface area contributed by atoms with Crippen LogP contribution < -0.4 is 5.43 Å². The van der Waals surface area contributed by atoms with Crippen LogP contribution >= 0.6 is 0 Å². The molecule has 3 nitrogen and oxygen atoms in total. The number of hydrogen-bond donors (Lipinski definition) is 1. The van der Waals surface area contributed by atoms with E-state index in [9.17, 15) is 4.79 Å². The summed E-state index contributed by atoms with van der Waals surface area (Å²) in [5.74, 6) is 0.354. The zero-order valence-electron chi connectivity index (χ0n) is 9.37. The molecule has 2 aromatic heterocycles. The molecule has 0 unspecified atom stereocenters. The van der Waals surface area contributed by atoms with E-state index in [0.29, 0.717) is 5.92 Å². The summed E-state index contributed by atoms with van der Waals surface area (Å²) in [6.45, 7) is 6.33. The van der Waals surface area contributed by atoms with Gasteiger partial charge in [0.1, 0.15) is 5.65 Å². The van der Waals surface area contributed by atoms with E-state index in [4.69, 9.17) is 0 Å². The fraction of sp³-hybridized carbons (Fsp3) is 0.417. The zero-order chi connectivity index (χ0) is 11.0. The standard InChI is InChI=1S/C12H16N2O/c1-4-9-7-13-12-6-10(15)5-11(8(2)3)14(9)12/h5-8,13H,4H2,1-3H3. The summed E-state index contributed by atoms with van der Waals surface area (Å²) < 4.78 is 2.14. The van der Waals surface area contributed by atoms with Gasteiger partial charge in [-0.25, -0.2) is 0 Å². The van der Waals surface area contributed by atoms with Gasteiger partial charge in [-0.3, -0.25) is 4.79 Å². The fourth-order valence-corrected chi connectivity index (χ4v) is 1.92. The first-order valence-corrected chi connectivity index (χ1v) is 5.36. The average Bonchev–Trinajstić information content (AvgIpc) is 2.58. The smallest absolute Gasteiger partial charge is 0.184 e. The van der Waals surface area contributed by atoms with Crippen molar-refractivity contribution in [2.45, 2.75) is 33.1 Å². The Morgan fingerprint density at radius 3 is 2.73 bits per heavy atom. The number of hydrogen-bond acceptors (Lipinski definition) is 1. The van der Waals surface area contributed by atoms with E-state index in [0.717, 1.165) is 17.8 Å². The monoisotopic (exact) mass is 204 g/mol. The van der Waals surface area contributed by atoms with Crippen molar-refractivity contribution in [3.63, 3.8) is 0 Å². The molecule has 0 bridgehead atoms. The zero-order valence-corrected chi connectivity index (χ0v) is 9.37. The molecule has 80 valence electrons. The Morgan fingerprint density at radius 1 is 1.40 bits per heavy atom. The third-order valence-electron chi connectivity index (χ3n) is 2.70. The number of fused-ring (bicyclic) bond motifs is 1. The highest BCUT2D eigenvalue weighted by molar-refractivity contribution is 5.43. The summed E-state index contributed by atoms with van der Waals surface area (Å²) in [5, 5.41) is 0. The molecule has 2 rings (SSSR count). The molecule has 0 saturated carbocycles. The number of H-pyrrole nitrogens is 1. The molecule has 0 saturated heterocycles. The van der Waals surface area contributed by atoms with Crippen LogP contribution in [0, 0.1) is 0 Å². The highest BCUT2D eigenvalue weighted by atomic mass is 16.1. The van der Waals surface area contributed by atoms with Gasteiger partial charge >= 0.3 is 0 Å². The molecular formula is C12H16N2O. The van der Waals surface area contributed by atoms with Crippen molar-refractivity contribution in [1.82, 2.24) is 9.38 Å². The number of aromatic amines is 1. The Bertz CT molecular complexity index is 534. The van der Waals surface area contributed by atoms with Crippen molar-refractivity contribution in [3.05, 3.63) is 39.9 Å². The van der Waals surface area contributed by atoms with Crippen molar-refractivity contribution in [2.75, 3.05) is 0 Å².